The first kappa shape index (κ1) is 8.29. The highest BCUT2D eigenvalue weighted by Gasteiger charge is 2.36. The van der Waals surface area contributed by atoms with E-state index in [0.29, 0.717) is 5.82 Å². The summed E-state index contributed by atoms with van der Waals surface area (Å²) in [6, 6.07) is 0. The maximum Gasteiger partial charge on any atom is 0.137 e. The molecular formula is C9H14N4. The maximum absolute atomic E-state index is 5.83. The summed E-state index contributed by atoms with van der Waals surface area (Å²) in [5.41, 5.74) is 6.98. The third kappa shape index (κ3) is 1.05. The van der Waals surface area contributed by atoms with Crippen molar-refractivity contribution in [2.24, 2.45) is 0 Å². The van der Waals surface area contributed by atoms with Crippen LogP contribution in [0.5, 0.6) is 0 Å². The van der Waals surface area contributed by atoms with Crippen molar-refractivity contribution in [1.29, 1.82) is 0 Å². The molecule has 0 radical (unpaired) electrons. The summed E-state index contributed by atoms with van der Waals surface area (Å²) in [5, 5.41) is 0. The van der Waals surface area contributed by atoms with Gasteiger partial charge in [0.2, 0.25) is 0 Å². The van der Waals surface area contributed by atoms with Crippen molar-refractivity contribution in [2.45, 2.75) is 19.3 Å². The third-order valence-corrected chi connectivity index (χ3v) is 2.53. The molecule has 4 heteroatoms. The summed E-state index contributed by atoms with van der Waals surface area (Å²) >= 11 is 0. The lowest BCUT2D eigenvalue weighted by molar-refractivity contribution is 0.563. The van der Waals surface area contributed by atoms with Crippen LogP contribution in [0.4, 0.5) is 11.6 Å². The Balaban J connectivity index is 2.66. The lowest BCUT2D eigenvalue weighted by atomic mass is 9.88. The lowest BCUT2D eigenvalue weighted by Gasteiger charge is -2.18. The van der Waals surface area contributed by atoms with E-state index in [9.17, 15) is 0 Å². The number of nitrogens with zero attached hydrogens (tertiary/aromatic N) is 3. The largest absolute Gasteiger partial charge is 0.383 e. The Labute approximate surface area is 77.8 Å². The van der Waals surface area contributed by atoms with E-state index in [1.807, 2.05) is 7.05 Å². The third-order valence-electron chi connectivity index (χ3n) is 2.53. The molecule has 0 aromatic carbocycles. The highest BCUT2D eigenvalue weighted by atomic mass is 15.2. The molecule has 70 valence electrons. The van der Waals surface area contributed by atoms with E-state index in [4.69, 9.17) is 5.73 Å². The predicted octanol–water partition coefficient (Wildman–Crippen LogP) is 0.786. The molecule has 2 heterocycles. The van der Waals surface area contributed by atoms with Crippen LogP contribution in [-0.2, 0) is 5.41 Å². The zero-order chi connectivity index (χ0) is 9.64. The normalized spacial score (nSPS) is 18.8. The fourth-order valence-corrected chi connectivity index (χ4v) is 2.08. The molecule has 0 unspecified atom stereocenters. The first-order valence-corrected chi connectivity index (χ1v) is 4.34. The molecule has 2 rings (SSSR count). The van der Waals surface area contributed by atoms with E-state index in [2.05, 4.69) is 28.7 Å². The first-order valence-electron chi connectivity index (χ1n) is 4.34. The zero-order valence-corrected chi connectivity index (χ0v) is 8.20. The minimum Gasteiger partial charge on any atom is -0.383 e. The van der Waals surface area contributed by atoms with Crippen LogP contribution in [0.25, 0.3) is 0 Å². The minimum atomic E-state index is 0.0649. The van der Waals surface area contributed by atoms with Crippen LogP contribution in [0, 0.1) is 0 Å². The second-order valence-corrected chi connectivity index (χ2v) is 4.20. The van der Waals surface area contributed by atoms with Gasteiger partial charge in [0.15, 0.2) is 0 Å². The van der Waals surface area contributed by atoms with Crippen LogP contribution in [0.15, 0.2) is 6.33 Å². The summed E-state index contributed by atoms with van der Waals surface area (Å²) in [4.78, 5) is 10.4. The Hall–Kier alpha value is -1.32. The number of likely N-dealkylation sites (N-methyl/N-ethyl adjacent to an activating group) is 1. The van der Waals surface area contributed by atoms with Crippen molar-refractivity contribution in [1.82, 2.24) is 9.97 Å². The topological polar surface area (TPSA) is 55.0 Å². The van der Waals surface area contributed by atoms with Crippen molar-refractivity contribution in [3.05, 3.63) is 11.9 Å². The highest BCUT2D eigenvalue weighted by Crippen LogP contribution is 2.40. The van der Waals surface area contributed by atoms with Crippen LogP contribution in [0.3, 0.4) is 0 Å². The minimum absolute atomic E-state index is 0.0649. The fourth-order valence-electron chi connectivity index (χ4n) is 2.08. The van der Waals surface area contributed by atoms with Gasteiger partial charge in [0, 0.05) is 24.6 Å². The van der Waals surface area contributed by atoms with Crippen molar-refractivity contribution in [3.8, 4) is 0 Å². The Morgan fingerprint density at radius 1 is 1.46 bits per heavy atom. The SMILES string of the molecule is CN1CC(C)(C)c2c(N)ncnc21. The summed E-state index contributed by atoms with van der Waals surface area (Å²) in [6.45, 7) is 5.27. The molecule has 0 spiro atoms. The quantitative estimate of drug-likeness (QED) is 0.638. The number of hydrogen-bond donors (Lipinski definition) is 1. The molecule has 0 fully saturated rings. The summed E-state index contributed by atoms with van der Waals surface area (Å²) in [6.07, 6.45) is 1.52. The monoisotopic (exact) mass is 178 g/mol. The fraction of sp³-hybridized carbons (Fsp3) is 0.556. The Bertz CT molecular complexity index is 345. The van der Waals surface area contributed by atoms with Crippen molar-refractivity contribution >= 4 is 11.6 Å². The number of fused-ring (bicyclic) bond motifs is 1. The number of rotatable bonds is 0. The second-order valence-electron chi connectivity index (χ2n) is 4.20. The number of hydrogen-bond acceptors (Lipinski definition) is 4. The van der Waals surface area contributed by atoms with E-state index in [-0.39, 0.29) is 5.41 Å². The molecule has 0 aliphatic carbocycles. The van der Waals surface area contributed by atoms with Crippen molar-refractivity contribution in [2.75, 3.05) is 24.2 Å². The molecule has 2 N–H and O–H groups in total. The standard InChI is InChI=1S/C9H14N4/c1-9(2)4-13(3)8-6(9)7(10)11-5-12-8/h5H,4H2,1-3H3,(H2,10,11,12). The van der Waals surface area contributed by atoms with E-state index in [1.165, 1.54) is 6.33 Å². The van der Waals surface area contributed by atoms with Gasteiger partial charge >= 0.3 is 0 Å². The van der Waals surface area contributed by atoms with Crippen molar-refractivity contribution < 1.29 is 0 Å². The number of aromatic nitrogens is 2. The maximum atomic E-state index is 5.83. The molecule has 1 aliphatic heterocycles. The van der Waals surface area contributed by atoms with Gasteiger partial charge in [-0.3, -0.25) is 0 Å². The molecule has 1 aromatic heterocycles. The Morgan fingerprint density at radius 2 is 2.15 bits per heavy atom. The molecule has 0 amide bonds. The van der Waals surface area contributed by atoms with E-state index in [1.54, 1.807) is 0 Å². The molecule has 0 saturated heterocycles. The van der Waals surface area contributed by atoms with Gasteiger partial charge < -0.3 is 10.6 Å². The van der Waals surface area contributed by atoms with Crippen LogP contribution in [-0.4, -0.2) is 23.6 Å². The lowest BCUT2D eigenvalue weighted by Crippen LogP contribution is -2.25. The van der Waals surface area contributed by atoms with Crippen LogP contribution >= 0.6 is 0 Å². The van der Waals surface area contributed by atoms with Crippen LogP contribution in [0.1, 0.15) is 19.4 Å². The van der Waals surface area contributed by atoms with Gasteiger partial charge in [0.1, 0.15) is 18.0 Å². The van der Waals surface area contributed by atoms with E-state index >= 15 is 0 Å². The van der Waals surface area contributed by atoms with E-state index < -0.39 is 0 Å². The predicted molar refractivity (Wildman–Crippen MR) is 52.7 cm³/mol. The molecule has 13 heavy (non-hydrogen) atoms. The highest BCUT2D eigenvalue weighted by molar-refractivity contribution is 5.64. The summed E-state index contributed by atoms with van der Waals surface area (Å²) < 4.78 is 0. The van der Waals surface area contributed by atoms with Gasteiger partial charge in [-0.1, -0.05) is 13.8 Å². The van der Waals surface area contributed by atoms with Gasteiger partial charge in [-0.2, -0.15) is 0 Å². The van der Waals surface area contributed by atoms with E-state index in [0.717, 1.165) is 17.9 Å². The molecular weight excluding hydrogens is 164 g/mol. The Morgan fingerprint density at radius 3 is 2.77 bits per heavy atom. The summed E-state index contributed by atoms with van der Waals surface area (Å²) in [7, 11) is 2.03. The van der Waals surface area contributed by atoms with Crippen LogP contribution in [0.2, 0.25) is 0 Å². The smallest absolute Gasteiger partial charge is 0.137 e. The van der Waals surface area contributed by atoms with Crippen molar-refractivity contribution in [3.63, 3.8) is 0 Å². The number of anilines is 2. The van der Waals surface area contributed by atoms with Gasteiger partial charge in [-0.15, -0.1) is 0 Å². The first-order chi connectivity index (χ1) is 6.02. The average molecular weight is 178 g/mol. The molecule has 1 aromatic rings. The molecule has 4 nitrogen and oxygen atoms in total. The molecule has 0 saturated carbocycles. The van der Waals surface area contributed by atoms with Gasteiger partial charge in [-0.25, -0.2) is 9.97 Å². The zero-order valence-electron chi connectivity index (χ0n) is 8.20. The average Bonchev–Trinajstić information content (AvgIpc) is 2.24. The molecule has 1 aliphatic rings. The second kappa shape index (κ2) is 2.34. The number of nitrogens with two attached hydrogens (primary N) is 1. The Kier molecular flexibility index (Phi) is 1.49. The van der Waals surface area contributed by atoms with Gasteiger partial charge in [0.05, 0.1) is 0 Å². The van der Waals surface area contributed by atoms with Gasteiger partial charge in [0.25, 0.3) is 0 Å². The van der Waals surface area contributed by atoms with Crippen LogP contribution < -0.4 is 10.6 Å². The van der Waals surface area contributed by atoms with Gasteiger partial charge in [-0.05, 0) is 0 Å². The number of nitrogen functional groups attached to an aromatic ring is 1. The molecule has 0 bridgehead atoms. The summed E-state index contributed by atoms with van der Waals surface area (Å²) in [5.74, 6) is 1.58. The molecule has 0 atom stereocenters.